The van der Waals surface area contributed by atoms with Crippen LogP contribution in [-0.4, -0.2) is 43.0 Å². The van der Waals surface area contributed by atoms with Crippen LogP contribution in [0.1, 0.15) is 20.8 Å². The molecule has 1 heterocycles. The van der Waals surface area contributed by atoms with E-state index in [1.54, 1.807) is 0 Å². The molecule has 2 rings (SSSR count). The van der Waals surface area contributed by atoms with Gasteiger partial charge in [0.15, 0.2) is 0 Å². The van der Waals surface area contributed by atoms with Gasteiger partial charge in [-0.25, -0.2) is 0 Å². The maximum absolute atomic E-state index is 12.4. The molecule has 0 aromatic heterocycles. The summed E-state index contributed by atoms with van der Waals surface area (Å²) < 4.78 is 0. The third-order valence-electron chi connectivity index (χ3n) is 3.72. The number of rotatable bonds is 4. The third-order valence-corrected chi connectivity index (χ3v) is 3.72. The Morgan fingerprint density at radius 3 is 2.75 bits per heavy atom. The maximum atomic E-state index is 12.4. The number of carbonyl (C=O) groups excluding carboxylic acids is 1. The van der Waals surface area contributed by atoms with Crippen molar-refractivity contribution in [2.45, 2.75) is 26.8 Å². The van der Waals surface area contributed by atoms with E-state index in [-0.39, 0.29) is 5.91 Å². The van der Waals surface area contributed by atoms with Crippen molar-refractivity contribution in [3.8, 4) is 0 Å². The fourth-order valence-corrected chi connectivity index (χ4v) is 2.61. The average Bonchev–Trinajstić information content (AvgIpc) is 2.39. The van der Waals surface area contributed by atoms with E-state index in [9.17, 15) is 4.79 Å². The molecule has 1 amide bonds. The fourth-order valence-electron chi connectivity index (χ4n) is 2.61. The van der Waals surface area contributed by atoms with Crippen molar-refractivity contribution >= 4 is 11.6 Å². The molecule has 4 heteroatoms. The molecule has 1 aromatic rings. The van der Waals surface area contributed by atoms with E-state index in [4.69, 9.17) is 0 Å². The van der Waals surface area contributed by atoms with Crippen LogP contribution in [0.25, 0.3) is 0 Å². The smallest absolute Gasteiger partial charge is 0.231 e. The summed E-state index contributed by atoms with van der Waals surface area (Å²) in [5.74, 6) is 0.0786. The SMILES string of the molecule is C[C@@H]1CN(CC(C)(C)C(=O)Nc2ccccc2)CCN1. The van der Waals surface area contributed by atoms with E-state index < -0.39 is 5.41 Å². The minimum absolute atomic E-state index is 0.0786. The van der Waals surface area contributed by atoms with E-state index in [1.165, 1.54) is 0 Å². The molecule has 0 spiro atoms. The molecule has 0 bridgehead atoms. The summed E-state index contributed by atoms with van der Waals surface area (Å²) in [6.07, 6.45) is 0. The molecule has 0 saturated carbocycles. The topological polar surface area (TPSA) is 44.4 Å². The molecule has 1 saturated heterocycles. The number of nitrogens with zero attached hydrogens (tertiary/aromatic N) is 1. The largest absolute Gasteiger partial charge is 0.326 e. The van der Waals surface area contributed by atoms with Crippen LogP contribution in [0, 0.1) is 5.41 Å². The molecular weight excluding hydrogens is 250 g/mol. The molecule has 1 aliphatic heterocycles. The Kier molecular flexibility index (Phi) is 4.78. The minimum Gasteiger partial charge on any atom is -0.326 e. The van der Waals surface area contributed by atoms with Gasteiger partial charge in [-0.05, 0) is 32.9 Å². The van der Waals surface area contributed by atoms with Crippen LogP contribution < -0.4 is 10.6 Å². The zero-order valence-electron chi connectivity index (χ0n) is 12.6. The number of benzene rings is 1. The van der Waals surface area contributed by atoms with Crippen molar-refractivity contribution in [3.63, 3.8) is 0 Å². The molecular formula is C16H25N3O. The molecule has 20 heavy (non-hydrogen) atoms. The van der Waals surface area contributed by atoms with Gasteiger partial charge in [-0.3, -0.25) is 9.69 Å². The van der Waals surface area contributed by atoms with Crippen LogP contribution in [-0.2, 0) is 4.79 Å². The van der Waals surface area contributed by atoms with Gasteiger partial charge in [-0.1, -0.05) is 18.2 Å². The van der Waals surface area contributed by atoms with Crippen LogP contribution in [0.4, 0.5) is 5.69 Å². The van der Waals surface area contributed by atoms with Crippen molar-refractivity contribution in [2.75, 3.05) is 31.5 Å². The number of amides is 1. The highest BCUT2D eigenvalue weighted by Gasteiger charge is 2.31. The lowest BCUT2D eigenvalue weighted by Crippen LogP contribution is -2.53. The zero-order valence-corrected chi connectivity index (χ0v) is 12.6. The first-order valence-electron chi connectivity index (χ1n) is 7.29. The third kappa shape index (κ3) is 4.05. The van der Waals surface area contributed by atoms with E-state index in [0.717, 1.165) is 31.9 Å². The summed E-state index contributed by atoms with van der Waals surface area (Å²) in [5, 5.41) is 6.43. The second kappa shape index (κ2) is 6.37. The summed E-state index contributed by atoms with van der Waals surface area (Å²) in [4.78, 5) is 14.8. The summed E-state index contributed by atoms with van der Waals surface area (Å²) in [6, 6.07) is 10.1. The van der Waals surface area contributed by atoms with Gasteiger partial charge in [-0.2, -0.15) is 0 Å². The van der Waals surface area contributed by atoms with Crippen molar-refractivity contribution in [1.29, 1.82) is 0 Å². The Morgan fingerprint density at radius 2 is 2.10 bits per heavy atom. The first-order valence-corrected chi connectivity index (χ1v) is 7.29. The van der Waals surface area contributed by atoms with Crippen molar-refractivity contribution in [2.24, 2.45) is 5.41 Å². The second-order valence-corrected chi connectivity index (χ2v) is 6.29. The Bertz CT molecular complexity index is 444. The standard InChI is InChI=1S/C16H25N3O/c1-13-11-19(10-9-17-13)12-16(2,3)15(20)18-14-7-5-4-6-8-14/h4-8,13,17H,9-12H2,1-3H3,(H,18,20)/t13-/m1/s1. The highest BCUT2D eigenvalue weighted by Crippen LogP contribution is 2.21. The minimum atomic E-state index is -0.396. The summed E-state index contributed by atoms with van der Waals surface area (Å²) in [5.41, 5.74) is 0.464. The predicted octanol–water partition coefficient (Wildman–Crippen LogP) is 1.95. The molecule has 0 aliphatic carbocycles. The van der Waals surface area contributed by atoms with E-state index in [1.807, 2.05) is 44.2 Å². The van der Waals surface area contributed by atoms with Crippen LogP contribution in [0.15, 0.2) is 30.3 Å². The molecule has 1 fully saturated rings. The van der Waals surface area contributed by atoms with Gasteiger partial charge < -0.3 is 10.6 Å². The van der Waals surface area contributed by atoms with E-state index in [2.05, 4.69) is 22.5 Å². The molecule has 2 N–H and O–H groups in total. The van der Waals surface area contributed by atoms with Crippen molar-refractivity contribution < 1.29 is 4.79 Å². The van der Waals surface area contributed by atoms with Gasteiger partial charge in [0, 0.05) is 37.9 Å². The lowest BCUT2D eigenvalue weighted by Gasteiger charge is -2.36. The Morgan fingerprint density at radius 1 is 1.40 bits per heavy atom. The Labute approximate surface area is 121 Å². The number of carbonyl (C=O) groups is 1. The monoisotopic (exact) mass is 275 g/mol. The normalized spacial score (nSPS) is 20.6. The summed E-state index contributed by atoms with van der Waals surface area (Å²) in [7, 11) is 0. The lowest BCUT2D eigenvalue weighted by atomic mass is 9.91. The average molecular weight is 275 g/mol. The van der Waals surface area contributed by atoms with Gasteiger partial charge in [0.05, 0.1) is 5.41 Å². The first-order chi connectivity index (χ1) is 9.47. The Hall–Kier alpha value is -1.39. The van der Waals surface area contributed by atoms with Gasteiger partial charge in [0.1, 0.15) is 0 Å². The quantitative estimate of drug-likeness (QED) is 0.882. The van der Waals surface area contributed by atoms with Crippen molar-refractivity contribution in [1.82, 2.24) is 10.2 Å². The molecule has 4 nitrogen and oxygen atoms in total. The van der Waals surface area contributed by atoms with Crippen LogP contribution in [0.2, 0.25) is 0 Å². The maximum Gasteiger partial charge on any atom is 0.231 e. The molecule has 110 valence electrons. The molecule has 1 aliphatic rings. The second-order valence-electron chi connectivity index (χ2n) is 6.29. The number of anilines is 1. The van der Waals surface area contributed by atoms with Gasteiger partial charge in [-0.15, -0.1) is 0 Å². The molecule has 1 aromatic carbocycles. The van der Waals surface area contributed by atoms with E-state index >= 15 is 0 Å². The molecule has 0 unspecified atom stereocenters. The number of piperazine rings is 1. The van der Waals surface area contributed by atoms with Gasteiger partial charge in [0.25, 0.3) is 0 Å². The van der Waals surface area contributed by atoms with Gasteiger partial charge >= 0.3 is 0 Å². The first kappa shape index (κ1) is 15.0. The number of para-hydroxylation sites is 1. The number of nitrogens with one attached hydrogen (secondary N) is 2. The summed E-state index contributed by atoms with van der Waals surface area (Å²) in [6.45, 7) is 10.0. The summed E-state index contributed by atoms with van der Waals surface area (Å²) >= 11 is 0. The fraction of sp³-hybridized carbons (Fsp3) is 0.562. The highest BCUT2D eigenvalue weighted by molar-refractivity contribution is 5.94. The highest BCUT2D eigenvalue weighted by atomic mass is 16.2. The van der Waals surface area contributed by atoms with Crippen LogP contribution >= 0.6 is 0 Å². The zero-order chi connectivity index (χ0) is 14.6. The number of hydrogen-bond donors (Lipinski definition) is 2. The molecule has 1 atom stereocenters. The van der Waals surface area contributed by atoms with E-state index in [0.29, 0.717) is 6.04 Å². The Balaban J connectivity index is 1.93. The lowest BCUT2D eigenvalue weighted by molar-refractivity contribution is -0.125. The van der Waals surface area contributed by atoms with Crippen LogP contribution in [0.5, 0.6) is 0 Å². The van der Waals surface area contributed by atoms with Crippen molar-refractivity contribution in [3.05, 3.63) is 30.3 Å². The molecule has 0 radical (unpaired) electrons. The van der Waals surface area contributed by atoms with Crippen LogP contribution in [0.3, 0.4) is 0 Å². The number of hydrogen-bond acceptors (Lipinski definition) is 3. The predicted molar refractivity (Wildman–Crippen MR) is 82.8 cm³/mol. The van der Waals surface area contributed by atoms with Gasteiger partial charge in [0.2, 0.25) is 5.91 Å².